The molecular weight excluding hydrogens is 414 g/mol. The molecule has 29 heavy (non-hydrogen) atoms. The van der Waals surface area contributed by atoms with Crippen molar-refractivity contribution in [1.82, 2.24) is 15.0 Å². The van der Waals surface area contributed by atoms with Crippen LogP contribution in [0.4, 0.5) is 11.8 Å². The van der Waals surface area contributed by atoms with E-state index in [-0.39, 0.29) is 23.4 Å². The van der Waals surface area contributed by atoms with Gasteiger partial charge in [-0.05, 0) is 32.9 Å². The van der Waals surface area contributed by atoms with Crippen LogP contribution >= 0.6 is 11.6 Å². The summed E-state index contributed by atoms with van der Waals surface area (Å²) in [6.45, 7) is 5.32. The number of aromatic nitrogens is 3. The molecule has 2 aromatic heterocycles. The van der Waals surface area contributed by atoms with Crippen LogP contribution in [0.15, 0.2) is 41.3 Å². The second kappa shape index (κ2) is 8.00. The highest BCUT2D eigenvalue weighted by Gasteiger charge is 2.23. The summed E-state index contributed by atoms with van der Waals surface area (Å²) in [7, 11) is -3.50. The van der Waals surface area contributed by atoms with Gasteiger partial charge >= 0.3 is 0 Å². The molecule has 1 aromatic carbocycles. The van der Waals surface area contributed by atoms with E-state index in [1.165, 1.54) is 16.6 Å². The van der Waals surface area contributed by atoms with E-state index in [0.29, 0.717) is 16.1 Å². The Morgan fingerprint density at radius 2 is 1.93 bits per heavy atom. The monoisotopic (exact) mass is 435 g/mol. The normalized spacial score (nSPS) is 12.9. The number of hydrogen-bond donors (Lipinski definition) is 2. The molecule has 0 radical (unpaired) electrons. The summed E-state index contributed by atoms with van der Waals surface area (Å²) >= 11 is 6.14. The van der Waals surface area contributed by atoms with Crippen LogP contribution in [-0.2, 0) is 10.0 Å². The Kier molecular flexibility index (Phi) is 5.81. The van der Waals surface area contributed by atoms with Gasteiger partial charge in [-0.25, -0.2) is 13.4 Å². The van der Waals surface area contributed by atoms with Gasteiger partial charge in [-0.1, -0.05) is 23.7 Å². The van der Waals surface area contributed by atoms with Crippen molar-refractivity contribution in [2.24, 2.45) is 0 Å². The molecule has 10 heteroatoms. The van der Waals surface area contributed by atoms with Gasteiger partial charge in [0, 0.05) is 29.3 Å². The Morgan fingerprint density at radius 1 is 1.21 bits per heavy atom. The highest BCUT2D eigenvalue weighted by molar-refractivity contribution is 7.92. The van der Waals surface area contributed by atoms with Gasteiger partial charge in [0.25, 0.3) is 5.56 Å². The van der Waals surface area contributed by atoms with Crippen molar-refractivity contribution in [3.63, 3.8) is 0 Å². The molecule has 0 bridgehead atoms. The number of benzene rings is 1. The Morgan fingerprint density at radius 3 is 2.59 bits per heavy atom. The quantitative estimate of drug-likeness (QED) is 0.614. The van der Waals surface area contributed by atoms with Gasteiger partial charge in [0.2, 0.25) is 16.0 Å². The zero-order chi connectivity index (χ0) is 21.3. The fourth-order valence-electron chi connectivity index (χ4n) is 3.16. The van der Waals surface area contributed by atoms with Crippen LogP contribution in [-0.4, -0.2) is 35.7 Å². The Hall–Kier alpha value is -2.65. The molecule has 0 aliphatic carbocycles. The van der Waals surface area contributed by atoms with Crippen molar-refractivity contribution in [2.45, 2.75) is 32.9 Å². The Bertz CT molecular complexity index is 1210. The predicted molar refractivity (Wildman–Crippen MR) is 116 cm³/mol. The average molecular weight is 436 g/mol. The van der Waals surface area contributed by atoms with Crippen LogP contribution in [0.3, 0.4) is 0 Å². The molecule has 0 amide bonds. The van der Waals surface area contributed by atoms with Crippen molar-refractivity contribution in [3.05, 3.63) is 57.5 Å². The van der Waals surface area contributed by atoms with Crippen LogP contribution < -0.4 is 15.2 Å². The van der Waals surface area contributed by atoms with E-state index in [1.807, 2.05) is 12.1 Å². The summed E-state index contributed by atoms with van der Waals surface area (Å²) in [5, 5.41) is 4.34. The maximum Gasteiger partial charge on any atom is 0.253 e. The minimum Gasteiger partial charge on any atom is -0.347 e. The van der Waals surface area contributed by atoms with E-state index in [9.17, 15) is 13.2 Å². The fourth-order valence-corrected chi connectivity index (χ4v) is 4.60. The Balaban J connectivity index is 1.94. The number of rotatable bonds is 6. The number of fused-ring (bicyclic) bond motifs is 1. The first-order chi connectivity index (χ1) is 13.6. The first-order valence-electron chi connectivity index (χ1n) is 8.98. The predicted octanol–water partition coefficient (Wildman–Crippen LogP) is 3.32. The summed E-state index contributed by atoms with van der Waals surface area (Å²) in [6, 6.07) is 7.94. The number of para-hydroxylation sites is 1. The first-order valence-corrected chi connectivity index (χ1v) is 11.2. The molecule has 1 atom stereocenters. The smallest absolute Gasteiger partial charge is 0.253 e. The van der Waals surface area contributed by atoms with Crippen LogP contribution in [0.1, 0.15) is 32.4 Å². The summed E-state index contributed by atoms with van der Waals surface area (Å²) in [5.74, 6) is 0.473. The molecule has 154 valence electrons. The summed E-state index contributed by atoms with van der Waals surface area (Å²) < 4.78 is 25.4. The van der Waals surface area contributed by atoms with Crippen LogP contribution in [0.25, 0.3) is 10.9 Å². The van der Waals surface area contributed by atoms with Crippen molar-refractivity contribution in [1.29, 1.82) is 0 Å². The molecule has 2 heterocycles. The van der Waals surface area contributed by atoms with Crippen molar-refractivity contribution < 1.29 is 8.42 Å². The average Bonchev–Trinajstić information content (AvgIpc) is 2.61. The molecule has 0 aliphatic rings. The number of pyridine rings is 1. The fraction of sp³-hybridized carbons (Fsp3) is 0.316. The van der Waals surface area contributed by atoms with E-state index in [1.54, 1.807) is 32.9 Å². The van der Waals surface area contributed by atoms with E-state index in [4.69, 9.17) is 11.6 Å². The number of aromatic amines is 1. The molecule has 0 fully saturated rings. The molecule has 8 nitrogen and oxygen atoms in total. The number of sulfonamides is 1. The third-order valence-corrected chi connectivity index (χ3v) is 6.00. The molecule has 0 saturated carbocycles. The zero-order valence-corrected chi connectivity index (χ0v) is 18.0. The van der Waals surface area contributed by atoms with Gasteiger partial charge in [0.05, 0.1) is 22.8 Å². The number of H-pyrrole nitrogens is 1. The van der Waals surface area contributed by atoms with Gasteiger partial charge in [0.15, 0.2) is 0 Å². The lowest BCUT2D eigenvalue weighted by Gasteiger charge is -2.25. The topological polar surface area (TPSA) is 108 Å². The molecule has 3 aromatic rings. The van der Waals surface area contributed by atoms with Crippen molar-refractivity contribution in [2.75, 3.05) is 15.9 Å². The standard InChI is InChI=1S/C19H22ClN5O3S/c1-11(2)25(29(4,27)28)16-8-9-21-19(23-16)22-12(3)14-10-13-6-5-7-15(20)17(13)24-18(14)26/h5-12H,1-4H3,(H,24,26)(H,21,22,23)/t12-/m0/s1. The summed E-state index contributed by atoms with van der Waals surface area (Å²) in [6.07, 6.45) is 2.60. The van der Waals surface area contributed by atoms with Gasteiger partial charge in [-0.2, -0.15) is 4.98 Å². The van der Waals surface area contributed by atoms with E-state index >= 15 is 0 Å². The highest BCUT2D eigenvalue weighted by Crippen LogP contribution is 2.24. The second-order valence-electron chi connectivity index (χ2n) is 7.01. The third kappa shape index (κ3) is 4.51. The minimum absolute atomic E-state index is 0.217. The zero-order valence-electron chi connectivity index (χ0n) is 16.5. The Labute approximate surface area is 174 Å². The first kappa shape index (κ1) is 21.1. The van der Waals surface area contributed by atoms with E-state index in [0.717, 1.165) is 11.6 Å². The van der Waals surface area contributed by atoms with Gasteiger partial charge in [-0.15, -0.1) is 0 Å². The number of nitrogens with one attached hydrogen (secondary N) is 2. The third-order valence-electron chi connectivity index (χ3n) is 4.36. The SMILES string of the molecule is CC(C)N(c1ccnc(N[C@@H](C)c2cc3cccc(Cl)c3[nH]c2=O)n1)S(C)(=O)=O. The molecule has 0 aliphatic heterocycles. The van der Waals surface area contributed by atoms with Gasteiger partial charge in [-0.3, -0.25) is 9.10 Å². The molecule has 3 rings (SSSR count). The molecule has 0 unspecified atom stereocenters. The second-order valence-corrected chi connectivity index (χ2v) is 9.28. The maximum atomic E-state index is 12.5. The number of hydrogen-bond acceptors (Lipinski definition) is 6. The maximum absolute atomic E-state index is 12.5. The van der Waals surface area contributed by atoms with E-state index < -0.39 is 16.1 Å². The largest absolute Gasteiger partial charge is 0.347 e. The summed E-state index contributed by atoms with van der Waals surface area (Å²) in [5.41, 5.74) is 0.786. The molecule has 0 saturated heterocycles. The molecule has 0 spiro atoms. The summed E-state index contributed by atoms with van der Waals surface area (Å²) in [4.78, 5) is 23.8. The number of nitrogens with zero attached hydrogens (tertiary/aromatic N) is 3. The van der Waals surface area contributed by atoms with Gasteiger partial charge in [0.1, 0.15) is 5.82 Å². The molecular formula is C19H22ClN5O3S. The van der Waals surface area contributed by atoms with Crippen LogP contribution in [0.2, 0.25) is 5.02 Å². The van der Waals surface area contributed by atoms with Crippen molar-refractivity contribution in [3.8, 4) is 0 Å². The van der Waals surface area contributed by atoms with Gasteiger partial charge < -0.3 is 10.3 Å². The van der Waals surface area contributed by atoms with Crippen LogP contribution in [0.5, 0.6) is 0 Å². The number of halogens is 1. The van der Waals surface area contributed by atoms with Crippen molar-refractivity contribution >= 4 is 44.3 Å². The lowest BCUT2D eigenvalue weighted by Crippen LogP contribution is -2.36. The highest BCUT2D eigenvalue weighted by atomic mass is 35.5. The molecule has 2 N–H and O–H groups in total. The lowest BCUT2D eigenvalue weighted by atomic mass is 10.1. The van der Waals surface area contributed by atoms with E-state index in [2.05, 4.69) is 20.3 Å². The van der Waals surface area contributed by atoms with Crippen LogP contribution in [0, 0.1) is 0 Å². The number of anilines is 2. The lowest BCUT2D eigenvalue weighted by molar-refractivity contribution is 0.589. The minimum atomic E-state index is -3.50.